The molecule has 1 aromatic carbocycles. The SMILES string of the molecule is N#Cc1ccnc2c1c(C1CNC1)nn2-c1ccc(C=O)cc1. The van der Waals surface area contributed by atoms with Gasteiger partial charge in [0.2, 0.25) is 0 Å². The number of nitriles is 1. The molecule has 0 radical (unpaired) electrons. The van der Waals surface area contributed by atoms with Gasteiger partial charge in [-0.25, -0.2) is 9.67 Å². The van der Waals surface area contributed by atoms with Gasteiger partial charge in [-0.1, -0.05) is 0 Å². The van der Waals surface area contributed by atoms with Crippen molar-refractivity contribution < 1.29 is 4.79 Å². The fourth-order valence-corrected chi connectivity index (χ4v) is 2.80. The van der Waals surface area contributed by atoms with Gasteiger partial charge in [0.05, 0.1) is 22.3 Å². The predicted octanol–water partition coefficient (Wildman–Crippen LogP) is 1.79. The molecule has 0 atom stereocenters. The van der Waals surface area contributed by atoms with Crippen LogP contribution in [0.1, 0.15) is 27.5 Å². The number of fused-ring (bicyclic) bond motifs is 1. The Morgan fingerprint density at radius 1 is 1.26 bits per heavy atom. The third-order valence-corrected chi connectivity index (χ3v) is 4.16. The largest absolute Gasteiger partial charge is 0.315 e. The van der Waals surface area contributed by atoms with Gasteiger partial charge in [-0.15, -0.1) is 0 Å². The van der Waals surface area contributed by atoms with Crippen LogP contribution in [0.3, 0.4) is 0 Å². The van der Waals surface area contributed by atoms with Crippen LogP contribution in [0.2, 0.25) is 0 Å². The van der Waals surface area contributed by atoms with Crippen molar-refractivity contribution in [2.75, 3.05) is 13.1 Å². The molecule has 1 fully saturated rings. The second-order valence-electron chi connectivity index (χ2n) is 5.53. The fourth-order valence-electron chi connectivity index (χ4n) is 2.80. The van der Waals surface area contributed by atoms with Crippen LogP contribution in [0, 0.1) is 11.3 Å². The molecule has 0 saturated carbocycles. The Hall–Kier alpha value is -3.04. The fraction of sp³-hybridized carbons (Fsp3) is 0.176. The number of carbonyl (C=O) groups excluding carboxylic acids is 1. The Morgan fingerprint density at radius 2 is 2.04 bits per heavy atom. The van der Waals surface area contributed by atoms with Gasteiger partial charge in [0.15, 0.2) is 5.65 Å². The maximum Gasteiger partial charge on any atom is 0.164 e. The van der Waals surface area contributed by atoms with E-state index in [0.29, 0.717) is 22.7 Å². The van der Waals surface area contributed by atoms with E-state index in [1.54, 1.807) is 29.1 Å². The highest BCUT2D eigenvalue weighted by molar-refractivity contribution is 5.86. The highest BCUT2D eigenvalue weighted by Gasteiger charge is 2.27. The van der Waals surface area contributed by atoms with Gasteiger partial charge in [-0.2, -0.15) is 10.4 Å². The van der Waals surface area contributed by atoms with Crippen LogP contribution in [0.5, 0.6) is 0 Å². The number of hydrogen-bond donors (Lipinski definition) is 1. The number of pyridine rings is 1. The molecule has 1 aliphatic heterocycles. The summed E-state index contributed by atoms with van der Waals surface area (Å²) in [6.07, 6.45) is 2.43. The van der Waals surface area contributed by atoms with Crippen molar-refractivity contribution >= 4 is 17.3 Å². The lowest BCUT2D eigenvalue weighted by Gasteiger charge is -2.25. The molecule has 0 spiro atoms. The van der Waals surface area contributed by atoms with Crippen molar-refractivity contribution in [1.82, 2.24) is 20.1 Å². The van der Waals surface area contributed by atoms with Crippen LogP contribution >= 0.6 is 0 Å². The van der Waals surface area contributed by atoms with E-state index in [2.05, 4.69) is 16.4 Å². The lowest BCUT2D eigenvalue weighted by atomic mass is 9.96. The summed E-state index contributed by atoms with van der Waals surface area (Å²) < 4.78 is 1.75. The molecule has 0 aliphatic carbocycles. The highest BCUT2D eigenvalue weighted by Crippen LogP contribution is 2.30. The molecule has 1 N–H and O–H groups in total. The van der Waals surface area contributed by atoms with E-state index < -0.39 is 0 Å². The van der Waals surface area contributed by atoms with Gasteiger partial charge in [0, 0.05) is 30.8 Å². The van der Waals surface area contributed by atoms with E-state index >= 15 is 0 Å². The standard InChI is InChI=1S/C17H13N5O/c18-7-12-5-6-20-17-15(12)16(13-8-19-9-13)21-22(17)14-3-1-11(10-23)2-4-14/h1-6,10,13,19H,8-9H2. The zero-order valence-corrected chi connectivity index (χ0v) is 12.2. The summed E-state index contributed by atoms with van der Waals surface area (Å²) in [6.45, 7) is 1.71. The summed E-state index contributed by atoms with van der Waals surface area (Å²) >= 11 is 0. The van der Waals surface area contributed by atoms with Gasteiger partial charge in [0.25, 0.3) is 0 Å². The molecule has 0 amide bonds. The molecule has 3 aromatic rings. The zero-order valence-electron chi connectivity index (χ0n) is 12.2. The lowest BCUT2D eigenvalue weighted by molar-refractivity contribution is 0.112. The quantitative estimate of drug-likeness (QED) is 0.746. The van der Waals surface area contributed by atoms with E-state index in [9.17, 15) is 10.1 Å². The van der Waals surface area contributed by atoms with Crippen molar-refractivity contribution in [2.24, 2.45) is 0 Å². The van der Waals surface area contributed by atoms with E-state index in [1.165, 1.54) is 0 Å². The Labute approximate surface area is 132 Å². The molecule has 2 aromatic heterocycles. The number of nitrogens with zero attached hydrogens (tertiary/aromatic N) is 4. The number of aromatic nitrogens is 3. The van der Waals surface area contributed by atoms with Crippen molar-refractivity contribution in [3.8, 4) is 11.8 Å². The van der Waals surface area contributed by atoms with Gasteiger partial charge in [-0.3, -0.25) is 4.79 Å². The van der Waals surface area contributed by atoms with Gasteiger partial charge in [-0.05, 0) is 30.3 Å². The van der Waals surface area contributed by atoms with Crippen molar-refractivity contribution in [2.45, 2.75) is 5.92 Å². The number of benzene rings is 1. The monoisotopic (exact) mass is 303 g/mol. The summed E-state index contributed by atoms with van der Waals surface area (Å²) in [5, 5.41) is 18.2. The molecule has 1 aliphatic rings. The van der Waals surface area contributed by atoms with Crippen molar-refractivity contribution in [1.29, 1.82) is 5.26 Å². The number of hydrogen-bond acceptors (Lipinski definition) is 5. The Morgan fingerprint density at radius 3 is 2.65 bits per heavy atom. The second-order valence-corrected chi connectivity index (χ2v) is 5.53. The number of rotatable bonds is 3. The maximum absolute atomic E-state index is 10.8. The minimum atomic E-state index is 0.296. The molecule has 4 rings (SSSR count). The molecule has 6 nitrogen and oxygen atoms in total. The van der Waals surface area contributed by atoms with Gasteiger partial charge in [0.1, 0.15) is 12.4 Å². The second kappa shape index (κ2) is 5.30. The predicted molar refractivity (Wildman–Crippen MR) is 84.6 cm³/mol. The van der Waals surface area contributed by atoms with E-state index in [-0.39, 0.29) is 0 Å². The minimum absolute atomic E-state index is 0.296. The summed E-state index contributed by atoms with van der Waals surface area (Å²) in [7, 11) is 0. The molecule has 6 heteroatoms. The molecule has 112 valence electrons. The molecular weight excluding hydrogens is 290 g/mol. The molecular formula is C17H13N5O. The average molecular weight is 303 g/mol. The molecule has 0 unspecified atom stereocenters. The Bertz CT molecular complexity index is 932. The van der Waals surface area contributed by atoms with Crippen LogP contribution in [0.4, 0.5) is 0 Å². The number of nitrogens with one attached hydrogen (secondary N) is 1. The van der Waals surface area contributed by atoms with Gasteiger partial charge < -0.3 is 5.32 Å². The lowest BCUT2D eigenvalue weighted by Crippen LogP contribution is -2.40. The zero-order chi connectivity index (χ0) is 15.8. The first kappa shape index (κ1) is 13.6. The van der Waals surface area contributed by atoms with Gasteiger partial charge >= 0.3 is 0 Å². The highest BCUT2D eigenvalue weighted by atomic mass is 16.1. The Kier molecular flexibility index (Phi) is 3.14. The van der Waals surface area contributed by atoms with Crippen molar-refractivity contribution in [3.05, 3.63) is 53.3 Å². The smallest absolute Gasteiger partial charge is 0.164 e. The average Bonchev–Trinajstić information content (AvgIpc) is 2.93. The first-order chi connectivity index (χ1) is 11.3. The minimum Gasteiger partial charge on any atom is -0.315 e. The summed E-state index contributed by atoms with van der Waals surface area (Å²) in [6, 6.07) is 11.1. The summed E-state index contributed by atoms with van der Waals surface area (Å²) in [4.78, 5) is 15.2. The van der Waals surface area contributed by atoms with E-state index in [4.69, 9.17) is 5.10 Å². The van der Waals surface area contributed by atoms with E-state index in [1.807, 2.05) is 12.1 Å². The number of aldehydes is 1. The molecule has 3 heterocycles. The van der Waals surface area contributed by atoms with Crippen LogP contribution in [-0.4, -0.2) is 34.1 Å². The third-order valence-electron chi connectivity index (χ3n) is 4.16. The molecule has 1 saturated heterocycles. The van der Waals surface area contributed by atoms with Crippen LogP contribution in [-0.2, 0) is 0 Å². The topological polar surface area (TPSA) is 83.6 Å². The maximum atomic E-state index is 10.8. The first-order valence-corrected chi connectivity index (χ1v) is 7.36. The van der Waals surface area contributed by atoms with Crippen LogP contribution < -0.4 is 5.32 Å². The number of carbonyl (C=O) groups is 1. The van der Waals surface area contributed by atoms with Crippen LogP contribution in [0.15, 0.2) is 36.5 Å². The first-order valence-electron chi connectivity index (χ1n) is 7.36. The third kappa shape index (κ3) is 2.10. The normalized spacial score (nSPS) is 14.4. The summed E-state index contributed by atoms with van der Waals surface area (Å²) in [5.74, 6) is 0.296. The van der Waals surface area contributed by atoms with Crippen molar-refractivity contribution in [3.63, 3.8) is 0 Å². The molecule has 23 heavy (non-hydrogen) atoms. The van der Waals surface area contributed by atoms with Crippen LogP contribution in [0.25, 0.3) is 16.7 Å². The molecule has 0 bridgehead atoms. The summed E-state index contributed by atoms with van der Waals surface area (Å²) in [5.41, 5.74) is 3.60. The Balaban J connectivity index is 1.96. The van der Waals surface area contributed by atoms with E-state index in [0.717, 1.165) is 36.1 Å².